The first-order valence-electron chi connectivity index (χ1n) is 7.63. The fourth-order valence-corrected chi connectivity index (χ4v) is 2.10. The van der Waals surface area contributed by atoms with E-state index in [9.17, 15) is 4.79 Å². The summed E-state index contributed by atoms with van der Waals surface area (Å²) >= 11 is 0. The molecule has 6 heteroatoms. The van der Waals surface area contributed by atoms with Crippen molar-refractivity contribution < 1.29 is 9.53 Å². The van der Waals surface area contributed by atoms with Crippen LogP contribution < -0.4 is 10.1 Å². The molecule has 0 aliphatic heterocycles. The number of carbonyl (C=O) groups is 1. The predicted molar refractivity (Wildman–Crippen MR) is 91.3 cm³/mol. The Bertz CT molecular complexity index is 813. The van der Waals surface area contributed by atoms with Crippen molar-refractivity contribution in [1.29, 1.82) is 0 Å². The number of rotatable bonds is 5. The third-order valence-electron chi connectivity index (χ3n) is 3.41. The molecular weight excluding hydrogens is 304 g/mol. The summed E-state index contributed by atoms with van der Waals surface area (Å²) in [4.78, 5) is 16.3. The fourth-order valence-electron chi connectivity index (χ4n) is 2.10. The number of ether oxygens (including phenoxy) is 1. The summed E-state index contributed by atoms with van der Waals surface area (Å²) < 4.78 is 7.30. The van der Waals surface area contributed by atoms with Crippen molar-refractivity contribution in [1.82, 2.24) is 14.8 Å². The average Bonchev–Trinajstić information content (AvgIpc) is 3.06. The van der Waals surface area contributed by atoms with Crippen LogP contribution in [0.15, 0.2) is 60.9 Å². The third kappa shape index (κ3) is 3.78. The summed E-state index contributed by atoms with van der Waals surface area (Å²) in [6, 6.07) is 15.0. The maximum atomic E-state index is 12.2. The summed E-state index contributed by atoms with van der Waals surface area (Å²) in [6.45, 7) is 3.61. The molecular formula is C18H18N4O2. The molecule has 2 aromatic heterocycles. The lowest BCUT2D eigenvalue weighted by molar-refractivity contribution is -0.122. The molecule has 1 atom stereocenters. The second-order valence-electron chi connectivity index (χ2n) is 5.40. The molecule has 1 amide bonds. The molecule has 0 spiro atoms. The summed E-state index contributed by atoms with van der Waals surface area (Å²) in [5, 5.41) is 7.04. The van der Waals surface area contributed by atoms with Crippen molar-refractivity contribution in [2.24, 2.45) is 0 Å². The van der Waals surface area contributed by atoms with E-state index in [0.717, 1.165) is 11.3 Å². The van der Waals surface area contributed by atoms with Crippen molar-refractivity contribution in [3.8, 4) is 11.6 Å². The molecule has 122 valence electrons. The minimum absolute atomic E-state index is 0.277. The number of hydrogen-bond acceptors (Lipinski definition) is 4. The van der Waals surface area contributed by atoms with Gasteiger partial charge in [-0.15, -0.1) is 5.10 Å². The van der Waals surface area contributed by atoms with E-state index in [1.165, 1.54) is 0 Å². The Morgan fingerprint density at radius 2 is 1.96 bits per heavy atom. The van der Waals surface area contributed by atoms with E-state index in [1.54, 1.807) is 36.1 Å². The van der Waals surface area contributed by atoms with Crippen LogP contribution in [0.4, 0.5) is 5.82 Å². The van der Waals surface area contributed by atoms with Gasteiger partial charge >= 0.3 is 0 Å². The van der Waals surface area contributed by atoms with Crippen LogP contribution >= 0.6 is 0 Å². The van der Waals surface area contributed by atoms with Crippen LogP contribution in [0.3, 0.4) is 0 Å². The first-order chi connectivity index (χ1) is 11.6. The van der Waals surface area contributed by atoms with E-state index < -0.39 is 6.10 Å². The lowest BCUT2D eigenvalue weighted by atomic mass is 10.3. The third-order valence-corrected chi connectivity index (χ3v) is 3.41. The molecule has 0 aliphatic carbocycles. The molecule has 3 aromatic rings. The second kappa shape index (κ2) is 6.95. The Balaban J connectivity index is 1.62. The van der Waals surface area contributed by atoms with Crippen LogP contribution in [0.1, 0.15) is 12.5 Å². The number of aryl methyl sites for hydroxylation is 1. The predicted octanol–water partition coefficient (Wildman–Crippen LogP) is 2.98. The van der Waals surface area contributed by atoms with E-state index in [0.29, 0.717) is 11.7 Å². The largest absolute Gasteiger partial charge is 0.463 e. The molecule has 1 N–H and O–H groups in total. The number of hydrogen-bond donors (Lipinski definition) is 1. The summed E-state index contributed by atoms with van der Waals surface area (Å²) in [5.74, 6) is 0.606. The summed E-state index contributed by atoms with van der Waals surface area (Å²) in [6.07, 6.45) is 2.80. The van der Waals surface area contributed by atoms with Gasteiger partial charge in [0.2, 0.25) is 5.88 Å². The Morgan fingerprint density at radius 3 is 2.67 bits per heavy atom. The monoisotopic (exact) mass is 322 g/mol. The van der Waals surface area contributed by atoms with Gasteiger partial charge in [0.25, 0.3) is 5.91 Å². The number of nitrogens with one attached hydrogen (secondary N) is 1. The number of nitrogens with zero attached hydrogens (tertiary/aromatic N) is 3. The second-order valence-corrected chi connectivity index (χ2v) is 5.40. The van der Waals surface area contributed by atoms with E-state index in [2.05, 4.69) is 15.4 Å². The average molecular weight is 322 g/mol. The number of pyridine rings is 1. The Kier molecular flexibility index (Phi) is 4.56. The Labute approximate surface area is 140 Å². The quantitative estimate of drug-likeness (QED) is 0.784. The maximum Gasteiger partial charge on any atom is 0.266 e. The molecule has 0 fully saturated rings. The topological polar surface area (TPSA) is 69.0 Å². The molecule has 2 heterocycles. The standard InChI is InChI=1S/C18H18N4O2/c1-13-8-9-16(19-12-13)20-18(23)14(2)24-17-10-11-22(21-17)15-6-4-3-5-7-15/h3-12,14H,1-2H3,(H,19,20,23)/t14-/m1/s1. The fraction of sp³-hybridized carbons (Fsp3) is 0.167. The van der Waals surface area contributed by atoms with Crippen molar-refractivity contribution in [2.75, 3.05) is 5.32 Å². The van der Waals surface area contributed by atoms with Crippen LogP contribution in [0, 0.1) is 6.92 Å². The minimum Gasteiger partial charge on any atom is -0.463 e. The lowest BCUT2D eigenvalue weighted by Gasteiger charge is -2.12. The van der Waals surface area contributed by atoms with Crippen LogP contribution in [-0.4, -0.2) is 26.8 Å². The van der Waals surface area contributed by atoms with E-state index >= 15 is 0 Å². The van der Waals surface area contributed by atoms with Crippen LogP contribution in [0.25, 0.3) is 5.69 Å². The summed E-state index contributed by atoms with van der Waals surface area (Å²) in [7, 11) is 0. The molecule has 1 aromatic carbocycles. The molecule has 0 bridgehead atoms. The van der Waals surface area contributed by atoms with E-state index in [1.807, 2.05) is 43.3 Å². The molecule has 0 saturated heterocycles. The highest BCUT2D eigenvalue weighted by molar-refractivity contribution is 5.93. The number of carbonyl (C=O) groups excluding carboxylic acids is 1. The Morgan fingerprint density at radius 1 is 1.17 bits per heavy atom. The molecule has 24 heavy (non-hydrogen) atoms. The first-order valence-corrected chi connectivity index (χ1v) is 7.63. The Hall–Kier alpha value is -3.15. The van der Waals surface area contributed by atoms with Gasteiger partial charge in [0, 0.05) is 18.5 Å². The van der Waals surface area contributed by atoms with Crippen LogP contribution in [0.5, 0.6) is 5.88 Å². The van der Waals surface area contributed by atoms with Crippen molar-refractivity contribution in [3.05, 3.63) is 66.5 Å². The summed E-state index contributed by atoms with van der Waals surface area (Å²) in [5.41, 5.74) is 1.96. The molecule has 0 unspecified atom stereocenters. The van der Waals surface area contributed by atoms with Crippen molar-refractivity contribution >= 4 is 11.7 Å². The number of aromatic nitrogens is 3. The SMILES string of the molecule is Cc1ccc(NC(=O)[C@@H](C)Oc2ccn(-c3ccccc3)n2)nc1. The number of anilines is 1. The maximum absolute atomic E-state index is 12.2. The number of para-hydroxylation sites is 1. The molecule has 0 aliphatic rings. The van der Waals surface area contributed by atoms with Gasteiger partial charge in [-0.25, -0.2) is 9.67 Å². The zero-order chi connectivity index (χ0) is 16.9. The zero-order valence-corrected chi connectivity index (χ0v) is 13.5. The molecule has 0 radical (unpaired) electrons. The molecule has 0 saturated carbocycles. The van der Waals surface area contributed by atoms with Gasteiger partial charge in [0.1, 0.15) is 5.82 Å². The van der Waals surface area contributed by atoms with Crippen LogP contribution in [-0.2, 0) is 4.79 Å². The van der Waals surface area contributed by atoms with Crippen molar-refractivity contribution in [2.45, 2.75) is 20.0 Å². The highest BCUT2D eigenvalue weighted by Gasteiger charge is 2.16. The minimum atomic E-state index is -0.688. The highest BCUT2D eigenvalue weighted by Crippen LogP contribution is 2.13. The zero-order valence-electron chi connectivity index (χ0n) is 13.5. The highest BCUT2D eigenvalue weighted by atomic mass is 16.5. The van der Waals surface area contributed by atoms with Gasteiger partial charge in [-0.2, -0.15) is 0 Å². The molecule has 6 nitrogen and oxygen atoms in total. The van der Waals surface area contributed by atoms with Gasteiger partial charge in [-0.1, -0.05) is 24.3 Å². The van der Waals surface area contributed by atoms with Gasteiger partial charge < -0.3 is 10.1 Å². The van der Waals surface area contributed by atoms with Crippen molar-refractivity contribution in [3.63, 3.8) is 0 Å². The van der Waals surface area contributed by atoms with Gasteiger partial charge in [-0.3, -0.25) is 4.79 Å². The number of benzene rings is 1. The van der Waals surface area contributed by atoms with E-state index in [4.69, 9.17) is 4.74 Å². The van der Waals surface area contributed by atoms with Crippen LogP contribution in [0.2, 0.25) is 0 Å². The smallest absolute Gasteiger partial charge is 0.266 e. The van der Waals surface area contributed by atoms with Gasteiger partial charge in [0.15, 0.2) is 6.10 Å². The normalized spacial score (nSPS) is 11.8. The van der Waals surface area contributed by atoms with Gasteiger partial charge in [0.05, 0.1) is 5.69 Å². The van der Waals surface area contributed by atoms with Gasteiger partial charge in [-0.05, 0) is 37.6 Å². The molecule has 3 rings (SSSR count). The first kappa shape index (κ1) is 15.7. The lowest BCUT2D eigenvalue weighted by Crippen LogP contribution is -2.30. The van der Waals surface area contributed by atoms with E-state index in [-0.39, 0.29) is 5.91 Å². The number of amides is 1.